The normalized spacial score (nSPS) is 11.3. The number of nitro groups is 1. The van der Waals surface area contributed by atoms with E-state index in [1.54, 1.807) is 12.1 Å². The third-order valence-corrected chi connectivity index (χ3v) is 5.66. The SMILES string of the molecule is Cc1cc2nc(-c3ccc(C)c(NC(=O)/C=C/c4ccc(Cl)c([N+](=O)[O-])c4)c3)oc2cc1C. The molecule has 1 amide bonds. The number of halogens is 1. The smallest absolute Gasteiger partial charge is 0.288 e. The summed E-state index contributed by atoms with van der Waals surface area (Å²) in [6, 6.07) is 13.9. The maximum absolute atomic E-state index is 12.5. The Kier molecular flexibility index (Phi) is 5.98. The second-order valence-corrected chi connectivity index (χ2v) is 8.15. The van der Waals surface area contributed by atoms with Crippen LogP contribution in [0.25, 0.3) is 28.6 Å². The number of oxazole rings is 1. The molecular formula is C25H20ClN3O4. The molecule has 4 aromatic rings. The molecule has 8 heteroatoms. The van der Waals surface area contributed by atoms with Gasteiger partial charge in [0, 0.05) is 23.4 Å². The van der Waals surface area contributed by atoms with E-state index in [0.29, 0.717) is 22.7 Å². The standard InChI is InChI=1S/C25H20ClN3O4/c1-14-4-7-18(25-28-21-10-15(2)16(3)11-23(21)33-25)13-20(14)27-24(30)9-6-17-5-8-19(26)22(12-17)29(31)32/h4-13H,1-3H3,(H,27,30)/b9-6+. The van der Waals surface area contributed by atoms with Crippen LogP contribution in [0.15, 0.2) is 59.0 Å². The zero-order valence-electron chi connectivity index (χ0n) is 18.2. The highest BCUT2D eigenvalue weighted by molar-refractivity contribution is 6.32. The summed E-state index contributed by atoms with van der Waals surface area (Å²) in [4.78, 5) is 27.5. The van der Waals surface area contributed by atoms with E-state index >= 15 is 0 Å². The van der Waals surface area contributed by atoms with E-state index in [9.17, 15) is 14.9 Å². The van der Waals surface area contributed by atoms with Gasteiger partial charge in [0.25, 0.3) is 5.69 Å². The van der Waals surface area contributed by atoms with Crippen LogP contribution < -0.4 is 5.32 Å². The minimum absolute atomic E-state index is 0.0403. The molecule has 0 atom stereocenters. The molecule has 1 heterocycles. The van der Waals surface area contributed by atoms with E-state index in [1.807, 2.05) is 45.0 Å². The van der Waals surface area contributed by atoms with Gasteiger partial charge in [-0.2, -0.15) is 0 Å². The summed E-state index contributed by atoms with van der Waals surface area (Å²) in [5.41, 5.74) is 6.23. The van der Waals surface area contributed by atoms with Crippen LogP contribution >= 0.6 is 11.6 Å². The van der Waals surface area contributed by atoms with E-state index in [1.165, 1.54) is 24.3 Å². The van der Waals surface area contributed by atoms with Gasteiger partial charge in [-0.1, -0.05) is 23.7 Å². The fourth-order valence-electron chi connectivity index (χ4n) is 3.31. The summed E-state index contributed by atoms with van der Waals surface area (Å²) in [7, 11) is 0. The second kappa shape index (κ2) is 8.88. The molecule has 0 spiro atoms. The molecule has 0 unspecified atom stereocenters. The number of amides is 1. The Morgan fingerprint density at radius 3 is 2.58 bits per heavy atom. The molecule has 0 saturated carbocycles. The minimum Gasteiger partial charge on any atom is -0.436 e. The number of nitrogens with one attached hydrogen (secondary N) is 1. The number of hydrogen-bond acceptors (Lipinski definition) is 5. The lowest BCUT2D eigenvalue weighted by atomic mass is 10.1. The first kappa shape index (κ1) is 22.2. The predicted molar refractivity (Wildman–Crippen MR) is 129 cm³/mol. The first-order valence-corrected chi connectivity index (χ1v) is 10.5. The number of aryl methyl sites for hydroxylation is 3. The molecule has 166 valence electrons. The minimum atomic E-state index is -0.566. The highest BCUT2D eigenvalue weighted by Crippen LogP contribution is 2.29. The van der Waals surface area contributed by atoms with Crippen molar-refractivity contribution in [2.24, 2.45) is 0 Å². The molecule has 0 fully saturated rings. The van der Waals surface area contributed by atoms with Gasteiger partial charge in [0.05, 0.1) is 4.92 Å². The molecule has 0 aliphatic rings. The lowest BCUT2D eigenvalue weighted by molar-refractivity contribution is -0.384. The van der Waals surface area contributed by atoms with E-state index in [4.69, 9.17) is 16.0 Å². The largest absolute Gasteiger partial charge is 0.436 e. The van der Waals surface area contributed by atoms with Crippen LogP contribution in [0.5, 0.6) is 0 Å². The van der Waals surface area contributed by atoms with Gasteiger partial charge in [-0.3, -0.25) is 14.9 Å². The topological polar surface area (TPSA) is 98.3 Å². The fourth-order valence-corrected chi connectivity index (χ4v) is 3.50. The van der Waals surface area contributed by atoms with Crippen molar-refractivity contribution in [3.05, 3.63) is 92.0 Å². The van der Waals surface area contributed by atoms with Gasteiger partial charge >= 0.3 is 0 Å². The van der Waals surface area contributed by atoms with Crippen LogP contribution in [-0.4, -0.2) is 15.8 Å². The summed E-state index contributed by atoms with van der Waals surface area (Å²) in [6.45, 7) is 5.93. The molecule has 1 aromatic heterocycles. The Labute approximate surface area is 194 Å². The van der Waals surface area contributed by atoms with Gasteiger partial charge in [0.2, 0.25) is 11.8 Å². The van der Waals surface area contributed by atoms with E-state index in [-0.39, 0.29) is 16.6 Å². The van der Waals surface area contributed by atoms with Crippen molar-refractivity contribution in [1.82, 2.24) is 4.98 Å². The highest BCUT2D eigenvalue weighted by atomic mass is 35.5. The maximum Gasteiger partial charge on any atom is 0.288 e. The first-order chi connectivity index (χ1) is 15.7. The van der Waals surface area contributed by atoms with Gasteiger partial charge in [-0.05, 0) is 79.4 Å². The van der Waals surface area contributed by atoms with Gasteiger partial charge in [0.1, 0.15) is 10.5 Å². The van der Waals surface area contributed by atoms with Crippen molar-refractivity contribution >= 4 is 46.1 Å². The Morgan fingerprint density at radius 1 is 1.06 bits per heavy atom. The van der Waals surface area contributed by atoms with E-state index in [0.717, 1.165) is 27.8 Å². The van der Waals surface area contributed by atoms with Crippen molar-refractivity contribution in [1.29, 1.82) is 0 Å². The molecule has 4 rings (SSSR count). The second-order valence-electron chi connectivity index (χ2n) is 7.74. The molecule has 7 nitrogen and oxygen atoms in total. The Hall–Kier alpha value is -3.97. The fraction of sp³-hybridized carbons (Fsp3) is 0.120. The van der Waals surface area contributed by atoms with E-state index in [2.05, 4.69) is 10.3 Å². The average molecular weight is 462 g/mol. The summed E-state index contributed by atoms with van der Waals surface area (Å²) in [6.07, 6.45) is 2.80. The van der Waals surface area contributed by atoms with Gasteiger partial charge < -0.3 is 9.73 Å². The quantitative estimate of drug-likeness (QED) is 0.204. The number of nitro benzene ring substituents is 1. The first-order valence-electron chi connectivity index (χ1n) is 10.1. The summed E-state index contributed by atoms with van der Waals surface area (Å²) < 4.78 is 5.93. The van der Waals surface area contributed by atoms with Crippen LogP contribution in [0.2, 0.25) is 5.02 Å². The number of carbonyl (C=O) groups excluding carboxylic acids is 1. The van der Waals surface area contributed by atoms with Crippen molar-refractivity contribution in [3.63, 3.8) is 0 Å². The molecular weight excluding hydrogens is 442 g/mol. The monoisotopic (exact) mass is 461 g/mol. The predicted octanol–water partition coefficient (Wildman–Crippen LogP) is 6.63. The number of hydrogen-bond donors (Lipinski definition) is 1. The van der Waals surface area contributed by atoms with Crippen LogP contribution in [0, 0.1) is 30.9 Å². The molecule has 33 heavy (non-hydrogen) atoms. The van der Waals surface area contributed by atoms with Gasteiger partial charge in [-0.25, -0.2) is 4.98 Å². The molecule has 0 aliphatic carbocycles. The van der Waals surface area contributed by atoms with Gasteiger partial charge in [0.15, 0.2) is 5.58 Å². The zero-order chi connectivity index (χ0) is 23.7. The van der Waals surface area contributed by atoms with Crippen molar-refractivity contribution in [2.45, 2.75) is 20.8 Å². The summed E-state index contributed by atoms with van der Waals surface area (Å²) in [5, 5.41) is 13.9. The lowest BCUT2D eigenvalue weighted by Gasteiger charge is -2.08. The van der Waals surface area contributed by atoms with E-state index < -0.39 is 4.92 Å². The van der Waals surface area contributed by atoms with Crippen LogP contribution in [0.3, 0.4) is 0 Å². The molecule has 0 radical (unpaired) electrons. The molecule has 1 N–H and O–H groups in total. The molecule has 3 aromatic carbocycles. The number of benzene rings is 3. The molecule has 0 saturated heterocycles. The number of carbonyl (C=O) groups is 1. The third-order valence-electron chi connectivity index (χ3n) is 5.34. The lowest BCUT2D eigenvalue weighted by Crippen LogP contribution is -2.09. The number of fused-ring (bicyclic) bond motifs is 1. The Morgan fingerprint density at radius 2 is 1.82 bits per heavy atom. The average Bonchev–Trinajstić information content (AvgIpc) is 3.17. The number of aromatic nitrogens is 1. The summed E-state index contributed by atoms with van der Waals surface area (Å²) >= 11 is 5.83. The molecule has 0 aliphatic heterocycles. The number of anilines is 1. The third kappa shape index (κ3) is 4.78. The highest BCUT2D eigenvalue weighted by Gasteiger charge is 2.13. The number of rotatable bonds is 5. The Bertz CT molecular complexity index is 1400. The van der Waals surface area contributed by atoms with Crippen LogP contribution in [-0.2, 0) is 4.79 Å². The van der Waals surface area contributed by atoms with Crippen LogP contribution in [0.4, 0.5) is 11.4 Å². The van der Waals surface area contributed by atoms with Crippen molar-refractivity contribution in [2.75, 3.05) is 5.32 Å². The maximum atomic E-state index is 12.5. The Balaban J connectivity index is 1.56. The number of nitrogens with zero attached hydrogens (tertiary/aromatic N) is 2. The zero-order valence-corrected chi connectivity index (χ0v) is 18.9. The van der Waals surface area contributed by atoms with Crippen molar-refractivity contribution in [3.8, 4) is 11.5 Å². The van der Waals surface area contributed by atoms with Gasteiger partial charge in [-0.15, -0.1) is 0 Å². The van der Waals surface area contributed by atoms with Crippen LogP contribution in [0.1, 0.15) is 22.3 Å². The molecule has 0 bridgehead atoms. The van der Waals surface area contributed by atoms with Crippen molar-refractivity contribution < 1.29 is 14.1 Å². The summed E-state index contributed by atoms with van der Waals surface area (Å²) in [5.74, 6) is 0.0891.